The largest absolute Gasteiger partial charge is 0.341 e. The van der Waals surface area contributed by atoms with Crippen molar-refractivity contribution in [1.82, 2.24) is 0 Å². The van der Waals surface area contributed by atoms with E-state index in [9.17, 15) is 13.2 Å². The standard InChI is InChI=1S/C21H18O4S/c1-16-10-8-9-15-19(16)26(23,24)25-21(22)20(17-11-4-2-5-12-17)18-13-6-3-7-14-18/h2-15,20H,1H3. The molecule has 0 aliphatic rings. The third-order valence-electron chi connectivity index (χ3n) is 4.06. The van der Waals surface area contributed by atoms with Gasteiger partial charge in [-0.05, 0) is 29.7 Å². The van der Waals surface area contributed by atoms with E-state index in [0.29, 0.717) is 16.7 Å². The first-order valence-electron chi connectivity index (χ1n) is 8.13. The number of aryl methyl sites for hydroxylation is 1. The average Bonchev–Trinajstić information content (AvgIpc) is 2.63. The molecule has 0 saturated carbocycles. The number of carbonyl (C=O) groups excluding carboxylic acids is 1. The molecule has 0 atom stereocenters. The molecule has 0 unspecified atom stereocenters. The Hall–Kier alpha value is -2.92. The molecule has 0 amide bonds. The van der Waals surface area contributed by atoms with Crippen LogP contribution < -0.4 is 0 Å². The first kappa shape index (κ1) is 17.9. The molecular formula is C21H18O4S. The molecule has 0 heterocycles. The Morgan fingerprint density at radius 1 is 0.769 bits per heavy atom. The molecule has 3 aromatic rings. The van der Waals surface area contributed by atoms with E-state index in [0.717, 1.165) is 0 Å². The van der Waals surface area contributed by atoms with Crippen LogP contribution in [0, 0.1) is 6.92 Å². The third-order valence-corrected chi connectivity index (χ3v) is 5.44. The number of hydrogen-bond donors (Lipinski definition) is 0. The zero-order valence-electron chi connectivity index (χ0n) is 14.2. The monoisotopic (exact) mass is 366 g/mol. The number of rotatable bonds is 5. The number of carbonyl (C=O) groups is 1. The highest BCUT2D eigenvalue weighted by Gasteiger charge is 2.30. The first-order chi connectivity index (χ1) is 12.5. The maximum atomic E-state index is 12.8. The van der Waals surface area contributed by atoms with E-state index in [-0.39, 0.29) is 4.90 Å². The van der Waals surface area contributed by atoms with Gasteiger partial charge >= 0.3 is 16.1 Å². The summed E-state index contributed by atoms with van der Waals surface area (Å²) in [5.74, 6) is -1.65. The van der Waals surface area contributed by atoms with Crippen molar-refractivity contribution >= 4 is 16.1 Å². The van der Waals surface area contributed by atoms with Crippen molar-refractivity contribution in [2.45, 2.75) is 17.7 Å². The molecule has 0 spiro atoms. The lowest BCUT2D eigenvalue weighted by Gasteiger charge is -2.17. The predicted molar refractivity (Wildman–Crippen MR) is 99.2 cm³/mol. The van der Waals surface area contributed by atoms with Crippen molar-refractivity contribution in [3.8, 4) is 0 Å². The average molecular weight is 366 g/mol. The molecule has 0 fully saturated rings. The highest BCUT2D eigenvalue weighted by molar-refractivity contribution is 7.87. The molecular weight excluding hydrogens is 348 g/mol. The first-order valence-corrected chi connectivity index (χ1v) is 9.54. The van der Waals surface area contributed by atoms with E-state index in [4.69, 9.17) is 4.18 Å². The smallest absolute Gasteiger partial charge is 0.341 e. The second-order valence-electron chi connectivity index (χ2n) is 5.88. The second-order valence-corrected chi connectivity index (χ2v) is 7.39. The fraction of sp³-hybridized carbons (Fsp3) is 0.0952. The molecule has 0 saturated heterocycles. The zero-order chi connectivity index (χ0) is 18.6. The van der Waals surface area contributed by atoms with Crippen LogP contribution in [0.15, 0.2) is 89.8 Å². The van der Waals surface area contributed by atoms with Gasteiger partial charge in [-0.25, -0.2) is 4.79 Å². The lowest BCUT2D eigenvalue weighted by atomic mass is 9.92. The van der Waals surface area contributed by atoms with E-state index in [1.165, 1.54) is 6.07 Å². The van der Waals surface area contributed by atoms with Gasteiger partial charge in [-0.15, -0.1) is 0 Å². The summed E-state index contributed by atoms with van der Waals surface area (Å²) in [6, 6.07) is 24.4. The van der Waals surface area contributed by atoms with Crippen LogP contribution in [0.2, 0.25) is 0 Å². The van der Waals surface area contributed by atoms with Gasteiger partial charge in [0.25, 0.3) is 0 Å². The number of hydrogen-bond acceptors (Lipinski definition) is 4. The lowest BCUT2D eigenvalue weighted by molar-refractivity contribution is -0.134. The van der Waals surface area contributed by atoms with Crippen molar-refractivity contribution in [1.29, 1.82) is 0 Å². The summed E-state index contributed by atoms with van der Waals surface area (Å²) in [5, 5.41) is 0. The Kier molecular flexibility index (Phi) is 5.19. The van der Waals surface area contributed by atoms with Crippen LogP contribution in [-0.2, 0) is 19.1 Å². The van der Waals surface area contributed by atoms with Gasteiger partial charge in [-0.3, -0.25) is 0 Å². The summed E-state index contributed by atoms with van der Waals surface area (Å²) in [5.41, 5.74) is 1.86. The van der Waals surface area contributed by atoms with Crippen LogP contribution in [-0.4, -0.2) is 14.4 Å². The maximum Gasteiger partial charge on any atom is 0.341 e. The van der Waals surface area contributed by atoms with Crippen LogP contribution in [0.4, 0.5) is 0 Å². The molecule has 0 bridgehead atoms. The van der Waals surface area contributed by atoms with Gasteiger partial charge in [0.05, 0.1) is 0 Å². The molecule has 26 heavy (non-hydrogen) atoms. The van der Waals surface area contributed by atoms with Crippen LogP contribution in [0.1, 0.15) is 22.6 Å². The van der Waals surface area contributed by atoms with Gasteiger partial charge in [0, 0.05) is 0 Å². The Morgan fingerprint density at radius 2 is 1.23 bits per heavy atom. The van der Waals surface area contributed by atoms with Gasteiger partial charge < -0.3 is 4.18 Å². The van der Waals surface area contributed by atoms with Gasteiger partial charge in [0.15, 0.2) is 0 Å². The van der Waals surface area contributed by atoms with E-state index in [1.807, 2.05) is 12.1 Å². The Labute approximate surface area is 153 Å². The topological polar surface area (TPSA) is 60.4 Å². The summed E-state index contributed by atoms with van der Waals surface area (Å²) in [4.78, 5) is 12.8. The maximum absolute atomic E-state index is 12.8. The Morgan fingerprint density at radius 3 is 1.73 bits per heavy atom. The van der Waals surface area contributed by atoms with Crippen LogP contribution in [0.25, 0.3) is 0 Å². The van der Waals surface area contributed by atoms with Gasteiger partial charge in [-0.2, -0.15) is 8.42 Å². The van der Waals surface area contributed by atoms with Crippen molar-refractivity contribution in [3.05, 3.63) is 102 Å². The van der Waals surface area contributed by atoms with Crippen molar-refractivity contribution < 1.29 is 17.4 Å². The fourth-order valence-corrected chi connectivity index (χ4v) is 3.90. The quantitative estimate of drug-likeness (QED) is 0.639. The molecule has 0 N–H and O–H groups in total. The summed E-state index contributed by atoms with van der Waals surface area (Å²) < 4.78 is 30.2. The van der Waals surface area contributed by atoms with Gasteiger partial charge in [0.1, 0.15) is 10.8 Å². The minimum Gasteiger partial charge on any atom is -0.341 e. The lowest BCUT2D eigenvalue weighted by Crippen LogP contribution is -2.21. The molecule has 5 heteroatoms. The third kappa shape index (κ3) is 3.83. The normalized spacial score (nSPS) is 11.3. The van der Waals surface area contributed by atoms with E-state index < -0.39 is 22.0 Å². The Balaban J connectivity index is 1.98. The molecule has 0 aromatic heterocycles. The summed E-state index contributed by atoms with van der Waals surface area (Å²) >= 11 is 0. The highest BCUT2D eigenvalue weighted by atomic mass is 32.2. The Bertz CT molecular complexity index is 957. The summed E-state index contributed by atoms with van der Waals surface area (Å²) in [7, 11) is -4.20. The highest BCUT2D eigenvalue weighted by Crippen LogP contribution is 2.28. The van der Waals surface area contributed by atoms with Crippen molar-refractivity contribution in [2.24, 2.45) is 0 Å². The van der Waals surface area contributed by atoms with Crippen LogP contribution in [0.5, 0.6) is 0 Å². The molecule has 4 nitrogen and oxygen atoms in total. The second kappa shape index (κ2) is 7.54. The summed E-state index contributed by atoms with van der Waals surface area (Å²) in [6.45, 7) is 1.66. The molecule has 0 aliphatic heterocycles. The minimum atomic E-state index is -4.20. The molecule has 3 aromatic carbocycles. The minimum absolute atomic E-state index is 0.00627. The van der Waals surface area contributed by atoms with Crippen LogP contribution >= 0.6 is 0 Å². The zero-order valence-corrected chi connectivity index (χ0v) is 15.0. The predicted octanol–water partition coefficient (Wildman–Crippen LogP) is 4.06. The molecule has 132 valence electrons. The molecule has 0 radical (unpaired) electrons. The van der Waals surface area contributed by atoms with Crippen LogP contribution in [0.3, 0.4) is 0 Å². The van der Waals surface area contributed by atoms with E-state index in [1.54, 1.807) is 73.7 Å². The van der Waals surface area contributed by atoms with Crippen molar-refractivity contribution in [2.75, 3.05) is 0 Å². The fourth-order valence-electron chi connectivity index (χ4n) is 2.79. The number of benzene rings is 3. The summed E-state index contributed by atoms with van der Waals surface area (Å²) in [6.07, 6.45) is 0. The van der Waals surface area contributed by atoms with Gasteiger partial charge in [0.2, 0.25) is 0 Å². The van der Waals surface area contributed by atoms with Crippen molar-refractivity contribution in [3.63, 3.8) is 0 Å². The van der Waals surface area contributed by atoms with Gasteiger partial charge in [-0.1, -0.05) is 78.9 Å². The molecule has 0 aliphatic carbocycles. The molecule has 3 rings (SSSR count). The van der Waals surface area contributed by atoms with E-state index >= 15 is 0 Å². The SMILES string of the molecule is Cc1ccccc1S(=O)(=O)OC(=O)C(c1ccccc1)c1ccccc1. The van der Waals surface area contributed by atoms with E-state index in [2.05, 4.69) is 0 Å².